The molecule has 28 heavy (non-hydrogen) atoms. The average molecular weight is 381 g/mol. The smallest absolute Gasteiger partial charge is 0.338 e. The average Bonchev–Trinajstić information content (AvgIpc) is 2.99. The van der Waals surface area contributed by atoms with Gasteiger partial charge in [-0.25, -0.2) is 4.79 Å². The van der Waals surface area contributed by atoms with Crippen LogP contribution < -0.4 is 0 Å². The molecule has 3 rings (SSSR count). The first-order valence-corrected chi connectivity index (χ1v) is 9.85. The molecular formula is C23H27NO4. The number of ether oxygens (including phenoxy) is 1. The molecule has 2 aromatic rings. The van der Waals surface area contributed by atoms with Crippen LogP contribution in [0.5, 0.6) is 0 Å². The van der Waals surface area contributed by atoms with Crippen LogP contribution in [-0.2, 0) is 16.0 Å². The molecule has 0 aliphatic carbocycles. The second-order valence-corrected chi connectivity index (χ2v) is 7.25. The fraction of sp³-hybridized carbons (Fsp3) is 0.391. The van der Waals surface area contributed by atoms with Crippen molar-refractivity contribution in [2.75, 3.05) is 0 Å². The molecule has 1 fully saturated rings. The maximum atomic E-state index is 12.5. The van der Waals surface area contributed by atoms with Gasteiger partial charge < -0.3 is 14.7 Å². The standard InChI is InChI=1S/C23H27NO4/c1-3-4-8-17-11-13-19(14-12-17)23(27)28-20-15-21(25)24(22(20)26)16(2)18-9-6-5-7-10-18/h5-7,9-14,16,20,22,26H,3-4,8,15H2,1-2H3/t16-,20-,22?/m1/s1. The van der Waals surface area contributed by atoms with Crippen molar-refractivity contribution in [1.29, 1.82) is 0 Å². The highest BCUT2D eigenvalue weighted by molar-refractivity contribution is 5.90. The molecule has 1 aliphatic heterocycles. The van der Waals surface area contributed by atoms with E-state index in [1.165, 1.54) is 10.5 Å². The van der Waals surface area contributed by atoms with Crippen molar-refractivity contribution in [3.63, 3.8) is 0 Å². The number of esters is 1. The van der Waals surface area contributed by atoms with Crippen LogP contribution in [0.25, 0.3) is 0 Å². The molecule has 1 saturated heterocycles. The number of hydrogen-bond donors (Lipinski definition) is 1. The number of aryl methyl sites for hydroxylation is 1. The Morgan fingerprint density at radius 2 is 1.86 bits per heavy atom. The van der Waals surface area contributed by atoms with Gasteiger partial charge >= 0.3 is 5.97 Å². The van der Waals surface area contributed by atoms with Gasteiger partial charge in [0, 0.05) is 0 Å². The first-order chi connectivity index (χ1) is 13.5. The lowest BCUT2D eigenvalue weighted by Gasteiger charge is -2.29. The van der Waals surface area contributed by atoms with Crippen LogP contribution >= 0.6 is 0 Å². The molecule has 1 amide bonds. The molecule has 5 heteroatoms. The van der Waals surface area contributed by atoms with Crippen LogP contribution in [0.1, 0.15) is 60.6 Å². The van der Waals surface area contributed by atoms with Gasteiger partial charge in [0.15, 0.2) is 12.3 Å². The fourth-order valence-corrected chi connectivity index (χ4v) is 3.54. The number of hydrogen-bond acceptors (Lipinski definition) is 4. The minimum absolute atomic E-state index is 0.0152. The highest BCUT2D eigenvalue weighted by atomic mass is 16.6. The molecule has 5 nitrogen and oxygen atoms in total. The Balaban J connectivity index is 1.64. The van der Waals surface area contributed by atoms with Crippen molar-refractivity contribution in [3.05, 3.63) is 71.3 Å². The van der Waals surface area contributed by atoms with E-state index in [1.807, 2.05) is 49.4 Å². The van der Waals surface area contributed by atoms with Crippen LogP contribution in [0.3, 0.4) is 0 Å². The van der Waals surface area contributed by atoms with E-state index >= 15 is 0 Å². The molecule has 1 aliphatic rings. The quantitative estimate of drug-likeness (QED) is 0.740. The number of carbonyl (C=O) groups is 2. The maximum Gasteiger partial charge on any atom is 0.338 e. The molecule has 2 aromatic carbocycles. The second-order valence-electron chi connectivity index (χ2n) is 7.25. The molecule has 0 bridgehead atoms. The molecule has 1 unspecified atom stereocenters. The number of rotatable bonds is 7. The van der Waals surface area contributed by atoms with Gasteiger partial charge in [0.05, 0.1) is 18.0 Å². The summed E-state index contributed by atoms with van der Waals surface area (Å²) >= 11 is 0. The number of aliphatic hydroxyl groups is 1. The summed E-state index contributed by atoms with van der Waals surface area (Å²) in [6.07, 6.45) is 1.17. The molecule has 0 aromatic heterocycles. The summed E-state index contributed by atoms with van der Waals surface area (Å²) in [6, 6.07) is 16.5. The highest BCUT2D eigenvalue weighted by Crippen LogP contribution is 2.31. The van der Waals surface area contributed by atoms with E-state index in [0.717, 1.165) is 24.8 Å². The third-order valence-corrected chi connectivity index (χ3v) is 5.25. The summed E-state index contributed by atoms with van der Waals surface area (Å²) in [5.41, 5.74) is 2.52. The molecule has 148 valence electrons. The Labute approximate surface area is 165 Å². The van der Waals surface area contributed by atoms with Crippen LogP contribution in [0, 0.1) is 0 Å². The number of likely N-dealkylation sites (tertiary alicyclic amines) is 1. The maximum absolute atomic E-state index is 12.5. The Bertz CT molecular complexity index is 803. The van der Waals surface area contributed by atoms with Crippen molar-refractivity contribution in [2.45, 2.75) is 57.9 Å². The van der Waals surface area contributed by atoms with E-state index in [9.17, 15) is 14.7 Å². The predicted molar refractivity (Wildman–Crippen MR) is 107 cm³/mol. The zero-order valence-corrected chi connectivity index (χ0v) is 16.4. The highest BCUT2D eigenvalue weighted by Gasteiger charge is 2.43. The lowest BCUT2D eigenvalue weighted by Crippen LogP contribution is -2.40. The summed E-state index contributed by atoms with van der Waals surface area (Å²) in [6.45, 7) is 4.00. The Hall–Kier alpha value is -2.66. The van der Waals surface area contributed by atoms with Crippen molar-refractivity contribution < 1.29 is 19.4 Å². The van der Waals surface area contributed by atoms with Gasteiger partial charge in [0.2, 0.25) is 5.91 Å². The monoisotopic (exact) mass is 381 g/mol. The molecule has 1 heterocycles. The third-order valence-electron chi connectivity index (χ3n) is 5.25. The fourth-order valence-electron chi connectivity index (χ4n) is 3.54. The number of amides is 1. The minimum atomic E-state index is -1.16. The second kappa shape index (κ2) is 9.02. The zero-order chi connectivity index (χ0) is 20.1. The van der Waals surface area contributed by atoms with Gasteiger partial charge in [-0.15, -0.1) is 0 Å². The number of carbonyl (C=O) groups excluding carboxylic acids is 2. The van der Waals surface area contributed by atoms with E-state index < -0.39 is 18.3 Å². The van der Waals surface area contributed by atoms with E-state index in [0.29, 0.717) is 5.56 Å². The zero-order valence-electron chi connectivity index (χ0n) is 16.4. The normalized spacial score (nSPS) is 20.2. The SMILES string of the molecule is CCCCc1ccc(C(=O)O[C@@H]2CC(=O)N([C@H](C)c3ccccc3)C2O)cc1. The predicted octanol–water partition coefficient (Wildman–Crippen LogP) is 3.87. The van der Waals surface area contributed by atoms with E-state index in [1.54, 1.807) is 12.1 Å². The lowest BCUT2D eigenvalue weighted by atomic mass is 10.1. The van der Waals surface area contributed by atoms with Crippen LogP contribution in [0.2, 0.25) is 0 Å². The third kappa shape index (κ3) is 4.42. The van der Waals surface area contributed by atoms with Crippen LogP contribution in [-0.4, -0.2) is 34.2 Å². The van der Waals surface area contributed by atoms with Gasteiger partial charge in [0.1, 0.15) is 0 Å². The van der Waals surface area contributed by atoms with Gasteiger partial charge in [-0.2, -0.15) is 0 Å². The lowest BCUT2D eigenvalue weighted by molar-refractivity contribution is -0.137. The molecule has 0 radical (unpaired) electrons. The van der Waals surface area contributed by atoms with Gasteiger partial charge in [0.25, 0.3) is 0 Å². The summed E-state index contributed by atoms with van der Waals surface area (Å²) in [5, 5.41) is 10.6. The van der Waals surface area contributed by atoms with Crippen molar-refractivity contribution in [3.8, 4) is 0 Å². The van der Waals surface area contributed by atoms with Crippen LogP contribution in [0.15, 0.2) is 54.6 Å². The Morgan fingerprint density at radius 1 is 1.18 bits per heavy atom. The van der Waals surface area contributed by atoms with Gasteiger partial charge in [-0.05, 0) is 43.0 Å². The first-order valence-electron chi connectivity index (χ1n) is 9.85. The molecule has 0 spiro atoms. The van der Waals surface area contributed by atoms with Gasteiger partial charge in [-0.1, -0.05) is 55.8 Å². The Morgan fingerprint density at radius 3 is 2.50 bits per heavy atom. The van der Waals surface area contributed by atoms with Crippen molar-refractivity contribution >= 4 is 11.9 Å². The number of nitrogens with zero attached hydrogens (tertiary/aromatic N) is 1. The molecule has 0 saturated carbocycles. The summed E-state index contributed by atoms with van der Waals surface area (Å²) in [4.78, 5) is 26.3. The molecule has 1 N–H and O–H groups in total. The Kier molecular flexibility index (Phi) is 6.47. The van der Waals surface area contributed by atoms with Crippen molar-refractivity contribution in [2.24, 2.45) is 0 Å². The largest absolute Gasteiger partial charge is 0.453 e. The summed E-state index contributed by atoms with van der Waals surface area (Å²) in [7, 11) is 0. The van der Waals surface area contributed by atoms with Gasteiger partial charge in [-0.3, -0.25) is 4.79 Å². The minimum Gasteiger partial charge on any atom is -0.453 e. The summed E-state index contributed by atoms with van der Waals surface area (Å²) in [5.74, 6) is -0.746. The van der Waals surface area contributed by atoms with E-state index in [4.69, 9.17) is 4.74 Å². The molecule has 3 atom stereocenters. The number of unbranched alkanes of at least 4 members (excludes halogenated alkanes) is 1. The van der Waals surface area contributed by atoms with E-state index in [2.05, 4.69) is 6.92 Å². The van der Waals surface area contributed by atoms with Crippen LogP contribution in [0.4, 0.5) is 0 Å². The van der Waals surface area contributed by atoms with E-state index in [-0.39, 0.29) is 18.4 Å². The topological polar surface area (TPSA) is 66.8 Å². The molecular weight excluding hydrogens is 354 g/mol. The number of benzene rings is 2. The number of aliphatic hydroxyl groups excluding tert-OH is 1. The first kappa shape index (κ1) is 20.1. The van der Waals surface area contributed by atoms with Crippen molar-refractivity contribution in [1.82, 2.24) is 4.90 Å². The summed E-state index contributed by atoms with van der Waals surface area (Å²) < 4.78 is 5.47.